The molecule has 0 bridgehead atoms. The minimum absolute atomic E-state index is 0.329. The largest absolute Gasteiger partial charge is 0.478 e. The van der Waals surface area contributed by atoms with Crippen LogP contribution in [-0.4, -0.2) is 23.7 Å². The Morgan fingerprint density at radius 3 is 2.71 bits per heavy atom. The minimum atomic E-state index is -0.900. The molecule has 3 nitrogen and oxygen atoms in total. The zero-order valence-corrected chi connectivity index (χ0v) is 10.7. The average Bonchev–Trinajstić information content (AvgIpc) is 2.57. The number of nitrogens with zero attached hydrogens (tertiary/aromatic N) is 1. The SMILES string of the molecule is CC1CC(C)N(c2cc(Cl)ccc2C(=O)O)C1. The first kappa shape index (κ1) is 12.2. The number of hydrogen-bond acceptors (Lipinski definition) is 2. The van der Waals surface area contributed by atoms with Crippen molar-refractivity contribution in [3.63, 3.8) is 0 Å². The Hall–Kier alpha value is -1.22. The highest BCUT2D eigenvalue weighted by Crippen LogP contribution is 2.33. The first-order valence-corrected chi connectivity index (χ1v) is 6.16. The van der Waals surface area contributed by atoms with Gasteiger partial charge in [-0.1, -0.05) is 18.5 Å². The smallest absolute Gasteiger partial charge is 0.337 e. The van der Waals surface area contributed by atoms with Crippen LogP contribution < -0.4 is 4.90 Å². The number of benzene rings is 1. The van der Waals surface area contributed by atoms with E-state index in [0.29, 0.717) is 22.5 Å². The number of rotatable bonds is 2. The van der Waals surface area contributed by atoms with E-state index < -0.39 is 5.97 Å². The van der Waals surface area contributed by atoms with Crippen molar-refractivity contribution in [1.82, 2.24) is 0 Å². The Balaban J connectivity index is 2.43. The molecule has 1 saturated heterocycles. The molecule has 2 atom stereocenters. The number of carbonyl (C=O) groups is 1. The Labute approximate surface area is 106 Å². The van der Waals surface area contributed by atoms with Gasteiger partial charge in [-0.25, -0.2) is 4.79 Å². The molecule has 1 aliphatic rings. The van der Waals surface area contributed by atoms with Gasteiger partial charge in [-0.05, 0) is 37.5 Å². The molecule has 4 heteroatoms. The fraction of sp³-hybridized carbons (Fsp3) is 0.462. The Bertz CT molecular complexity index is 447. The lowest BCUT2D eigenvalue weighted by Gasteiger charge is -2.25. The molecule has 0 saturated carbocycles. The van der Waals surface area contributed by atoms with Crippen molar-refractivity contribution in [3.8, 4) is 0 Å². The number of hydrogen-bond donors (Lipinski definition) is 1. The van der Waals surface area contributed by atoms with Crippen LogP contribution in [0.15, 0.2) is 18.2 Å². The third-order valence-corrected chi connectivity index (χ3v) is 3.52. The molecule has 1 aliphatic heterocycles. The molecule has 17 heavy (non-hydrogen) atoms. The van der Waals surface area contributed by atoms with E-state index >= 15 is 0 Å². The van der Waals surface area contributed by atoms with E-state index in [1.807, 2.05) is 0 Å². The van der Waals surface area contributed by atoms with Crippen molar-refractivity contribution in [2.45, 2.75) is 26.3 Å². The Kier molecular flexibility index (Phi) is 3.29. The standard InChI is InChI=1S/C13H16ClNO2/c1-8-5-9(2)15(7-8)12-6-10(14)3-4-11(12)13(16)17/h3-4,6,8-9H,5,7H2,1-2H3,(H,16,17). The van der Waals surface area contributed by atoms with Crippen LogP contribution >= 0.6 is 11.6 Å². The summed E-state index contributed by atoms with van der Waals surface area (Å²) in [5.41, 5.74) is 1.07. The van der Waals surface area contributed by atoms with E-state index in [-0.39, 0.29) is 0 Å². The molecule has 0 aliphatic carbocycles. The number of carboxylic acid groups (broad SMARTS) is 1. The van der Waals surface area contributed by atoms with E-state index in [2.05, 4.69) is 18.7 Å². The predicted octanol–water partition coefficient (Wildman–Crippen LogP) is 3.27. The van der Waals surface area contributed by atoms with Crippen LogP contribution in [0.25, 0.3) is 0 Å². The summed E-state index contributed by atoms with van der Waals surface area (Å²) >= 11 is 5.96. The first-order chi connectivity index (χ1) is 7.99. The van der Waals surface area contributed by atoms with Crippen LogP contribution in [0.4, 0.5) is 5.69 Å². The van der Waals surface area contributed by atoms with Gasteiger partial charge in [0, 0.05) is 17.6 Å². The van der Waals surface area contributed by atoms with Crippen LogP contribution in [0, 0.1) is 5.92 Å². The topological polar surface area (TPSA) is 40.5 Å². The molecule has 0 spiro atoms. The van der Waals surface area contributed by atoms with E-state index in [1.54, 1.807) is 18.2 Å². The van der Waals surface area contributed by atoms with Crippen LogP contribution in [0.3, 0.4) is 0 Å². The zero-order chi connectivity index (χ0) is 12.6. The zero-order valence-electron chi connectivity index (χ0n) is 9.98. The van der Waals surface area contributed by atoms with Crippen LogP contribution in [0.5, 0.6) is 0 Å². The predicted molar refractivity (Wildman–Crippen MR) is 69.0 cm³/mol. The quantitative estimate of drug-likeness (QED) is 0.879. The lowest BCUT2D eigenvalue weighted by Crippen LogP contribution is -2.28. The Morgan fingerprint density at radius 1 is 1.47 bits per heavy atom. The molecule has 0 radical (unpaired) electrons. The Morgan fingerprint density at radius 2 is 2.18 bits per heavy atom. The second-order valence-corrected chi connectivity index (χ2v) is 5.25. The molecule has 1 heterocycles. The van der Waals surface area contributed by atoms with Gasteiger partial charge >= 0.3 is 5.97 Å². The van der Waals surface area contributed by atoms with E-state index in [4.69, 9.17) is 11.6 Å². The van der Waals surface area contributed by atoms with Crippen LogP contribution in [0.2, 0.25) is 5.02 Å². The highest BCUT2D eigenvalue weighted by atomic mass is 35.5. The van der Waals surface area contributed by atoms with Gasteiger partial charge < -0.3 is 10.0 Å². The summed E-state index contributed by atoms with van der Waals surface area (Å²) in [6, 6.07) is 5.31. The number of halogens is 1. The van der Waals surface area contributed by atoms with Crippen molar-refractivity contribution >= 4 is 23.3 Å². The van der Waals surface area contributed by atoms with Crippen LogP contribution in [0.1, 0.15) is 30.6 Å². The molecular formula is C13H16ClNO2. The summed E-state index contributed by atoms with van der Waals surface area (Å²) in [6.45, 7) is 5.19. The molecule has 1 aromatic rings. The van der Waals surface area contributed by atoms with Gasteiger partial charge in [0.2, 0.25) is 0 Å². The van der Waals surface area contributed by atoms with E-state index in [9.17, 15) is 9.90 Å². The highest BCUT2D eigenvalue weighted by molar-refractivity contribution is 6.31. The maximum Gasteiger partial charge on any atom is 0.337 e. The van der Waals surface area contributed by atoms with Gasteiger partial charge in [0.05, 0.1) is 11.3 Å². The van der Waals surface area contributed by atoms with E-state index in [1.165, 1.54) is 0 Å². The molecule has 1 aromatic carbocycles. The summed E-state index contributed by atoms with van der Waals surface area (Å²) < 4.78 is 0. The molecule has 92 valence electrons. The van der Waals surface area contributed by atoms with Crippen LogP contribution in [-0.2, 0) is 0 Å². The van der Waals surface area contributed by atoms with Crippen molar-refractivity contribution in [1.29, 1.82) is 0 Å². The van der Waals surface area contributed by atoms with Gasteiger partial charge in [-0.3, -0.25) is 0 Å². The van der Waals surface area contributed by atoms with Gasteiger partial charge in [0.25, 0.3) is 0 Å². The third kappa shape index (κ3) is 2.39. The average molecular weight is 254 g/mol. The highest BCUT2D eigenvalue weighted by Gasteiger charge is 2.29. The van der Waals surface area contributed by atoms with Crippen molar-refractivity contribution < 1.29 is 9.90 Å². The monoisotopic (exact) mass is 253 g/mol. The fourth-order valence-corrected chi connectivity index (χ4v) is 2.73. The summed E-state index contributed by atoms with van der Waals surface area (Å²) in [5, 5.41) is 9.78. The third-order valence-electron chi connectivity index (χ3n) is 3.28. The summed E-state index contributed by atoms with van der Waals surface area (Å²) in [6.07, 6.45) is 1.09. The number of carboxylic acids is 1. The maximum absolute atomic E-state index is 11.2. The molecule has 0 aromatic heterocycles. The number of aromatic carboxylic acids is 1. The second kappa shape index (κ2) is 4.57. The number of anilines is 1. The van der Waals surface area contributed by atoms with Crippen molar-refractivity contribution in [2.75, 3.05) is 11.4 Å². The molecule has 2 rings (SSSR count). The summed E-state index contributed by atoms with van der Waals surface area (Å²) in [7, 11) is 0. The maximum atomic E-state index is 11.2. The lowest BCUT2D eigenvalue weighted by atomic mass is 10.1. The summed E-state index contributed by atoms with van der Waals surface area (Å²) in [4.78, 5) is 13.3. The minimum Gasteiger partial charge on any atom is -0.478 e. The molecule has 1 N–H and O–H groups in total. The van der Waals surface area contributed by atoms with Gasteiger partial charge in [-0.15, -0.1) is 0 Å². The molecule has 0 amide bonds. The normalized spacial score (nSPS) is 24.1. The first-order valence-electron chi connectivity index (χ1n) is 5.78. The van der Waals surface area contributed by atoms with Crippen molar-refractivity contribution in [2.24, 2.45) is 5.92 Å². The fourth-order valence-electron chi connectivity index (χ4n) is 2.56. The van der Waals surface area contributed by atoms with E-state index in [0.717, 1.165) is 18.7 Å². The molecule has 2 unspecified atom stereocenters. The van der Waals surface area contributed by atoms with Gasteiger partial charge in [0.15, 0.2) is 0 Å². The molecule has 1 fully saturated rings. The molecular weight excluding hydrogens is 238 g/mol. The summed E-state index contributed by atoms with van der Waals surface area (Å²) in [5.74, 6) is -0.311. The van der Waals surface area contributed by atoms with Gasteiger partial charge in [-0.2, -0.15) is 0 Å². The second-order valence-electron chi connectivity index (χ2n) is 4.81. The van der Waals surface area contributed by atoms with Gasteiger partial charge in [0.1, 0.15) is 0 Å². The van der Waals surface area contributed by atoms with Crippen molar-refractivity contribution in [3.05, 3.63) is 28.8 Å². The lowest BCUT2D eigenvalue weighted by molar-refractivity contribution is 0.0697.